The molecule has 92 valence electrons. The molecule has 0 amide bonds. The Morgan fingerprint density at radius 2 is 1.89 bits per heavy atom. The van der Waals surface area contributed by atoms with Gasteiger partial charge in [0.05, 0.1) is 5.02 Å². The fraction of sp³-hybridized carbons (Fsp3) is 0.0714. The molecule has 0 N–H and O–H groups in total. The van der Waals surface area contributed by atoms with E-state index in [2.05, 4.69) is 22.6 Å². The van der Waals surface area contributed by atoms with Crippen molar-refractivity contribution in [3.63, 3.8) is 0 Å². The van der Waals surface area contributed by atoms with Crippen LogP contribution in [0, 0.1) is 3.57 Å². The number of rotatable bonds is 3. The van der Waals surface area contributed by atoms with E-state index in [1.807, 2.05) is 24.3 Å². The SMILES string of the molecule is CC(=O)c1ccc(Oc2cccc(I)c2)cc1Cl. The average molecular weight is 373 g/mol. The minimum atomic E-state index is -0.0548. The second-order valence-corrected chi connectivity index (χ2v) is 5.41. The second-order valence-electron chi connectivity index (χ2n) is 3.76. The van der Waals surface area contributed by atoms with Crippen LogP contribution in [0.15, 0.2) is 42.5 Å². The molecule has 0 saturated carbocycles. The van der Waals surface area contributed by atoms with Crippen molar-refractivity contribution in [1.29, 1.82) is 0 Å². The van der Waals surface area contributed by atoms with Gasteiger partial charge in [0.1, 0.15) is 11.5 Å². The predicted octanol–water partition coefficient (Wildman–Crippen LogP) is 4.94. The first-order valence-corrected chi connectivity index (χ1v) is 6.76. The lowest BCUT2D eigenvalue weighted by molar-refractivity contribution is 0.101. The Morgan fingerprint density at radius 1 is 1.17 bits per heavy atom. The van der Waals surface area contributed by atoms with Crippen molar-refractivity contribution in [2.75, 3.05) is 0 Å². The molecule has 0 fully saturated rings. The second kappa shape index (κ2) is 5.71. The molecule has 0 saturated heterocycles. The third-order valence-electron chi connectivity index (χ3n) is 2.35. The van der Waals surface area contributed by atoms with Crippen LogP contribution in [-0.2, 0) is 0 Å². The average Bonchev–Trinajstić information content (AvgIpc) is 2.28. The zero-order valence-corrected chi connectivity index (χ0v) is 12.5. The molecule has 0 unspecified atom stereocenters. The first-order valence-electron chi connectivity index (χ1n) is 5.30. The van der Waals surface area contributed by atoms with Crippen molar-refractivity contribution in [3.05, 3.63) is 56.6 Å². The van der Waals surface area contributed by atoms with Crippen molar-refractivity contribution in [2.45, 2.75) is 6.92 Å². The fourth-order valence-electron chi connectivity index (χ4n) is 1.51. The van der Waals surface area contributed by atoms with Crippen LogP contribution in [0.2, 0.25) is 5.02 Å². The van der Waals surface area contributed by atoms with E-state index in [1.54, 1.807) is 18.2 Å². The van der Waals surface area contributed by atoms with Gasteiger partial charge in [-0.2, -0.15) is 0 Å². The van der Waals surface area contributed by atoms with Gasteiger partial charge in [0.15, 0.2) is 5.78 Å². The van der Waals surface area contributed by atoms with E-state index in [1.165, 1.54) is 6.92 Å². The number of carbonyl (C=O) groups excluding carboxylic acids is 1. The number of Topliss-reactive ketones (excluding diaryl/α,β-unsaturated/α-hetero) is 1. The lowest BCUT2D eigenvalue weighted by Crippen LogP contribution is -1.93. The molecule has 0 atom stereocenters. The molecule has 2 aromatic carbocycles. The lowest BCUT2D eigenvalue weighted by atomic mass is 10.1. The molecule has 0 spiro atoms. The van der Waals surface area contributed by atoms with Crippen LogP contribution < -0.4 is 4.74 Å². The van der Waals surface area contributed by atoms with E-state index < -0.39 is 0 Å². The standard InChI is InChI=1S/C14H10ClIO2/c1-9(17)13-6-5-12(8-14(13)15)18-11-4-2-3-10(16)7-11/h2-8H,1H3. The van der Waals surface area contributed by atoms with E-state index in [-0.39, 0.29) is 5.78 Å². The Labute approximate surface area is 124 Å². The quantitative estimate of drug-likeness (QED) is 0.563. The summed E-state index contributed by atoms with van der Waals surface area (Å²) in [6, 6.07) is 12.8. The third-order valence-corrected chi connectivity index (χ3v) is 3.34. The van der Waals surface area contributed by atoms with E-state index >= 15 is 0 Å². The highest BCUT2D eigenvalue weighted by Gasteiger charge is 2.07. The molecule has 0 heterocycles. The van der Waals surface area contributed by atoms with Crippen molar-refractivity contribution in [2.24, 2.45) is 0 Å². The number of ketones is 1. The summed E-state index contributed by atoms with van der Waals surface area (Å²) < 4.78 is 6.77. The van der Waals surface area contributed by atoms with E-state index in [4.69, 9.17) is 16.3 Å². The van der Waals surface area contributed by atoms with Gasteiger partial charge in [0, 0.05) is 15.2 Å². The van der Waals surface area contributed by atoms with E-state index in [0.29, 0.717) is 16.3 Å². The van der Waals surface area contributed by atoms with Crippen LogP contribution in [-0.4, -0.2) is 5.78 Å². The summed E-state index contributed by atoms with van der Waals surface area (Å²) in [6.07, 6.45) is 0. The highest BCUT2D eigenvalue weighted by Crippen LogP contribution is 2.27. The van der Waals surface area contributed by atoms with Crippen LogP contribution in [0.3, 0.4) is 0 Å². The maximum atomic E-state index is 11.3. The van der Waals surface area contributed by atoms with Crippen LogP contribution in [0.1, 0.15) is 17.3 Å². The van der Waals surface area contributed by atoms with E-state index in [0.717, 1.165) is 9.32 Å². The van der Waals surface area contributed by atoms with Gasteiger partial charge in [-0.05, 0) is 59.8 Å². The molecule has 2 aromatic rings. The molecular weight excluding hydrogens is 363 g/mol. The number of ether oxygens (including phenoxy) is 1. The summed E-state index contributed by atoms with van der Waals surface area (Å²) in [6.45, 7) is 1.49. The van der Waals surface area contributed by atoms with Gasteiger partial charge in [-0.15, -0.1) is 0 Å². The molecule has 2 rings (SSSR count). The number of benzene rings is 2. The highest BCUT2D eigenvalue weighted by atomic mass is 127. The van der Waals surface area contributed by atoms with Gasteiger partial charge >= 0.3 is 0 Å². The Bertz CT molecular complexity index is 596. The summed E-state index contributed by atoms with van der Waals surface area (Å²) in [5.74, 6) is 1.31. The van der Waals surface area contributed by atoms with Crippen LogP contribution in [0.5, 0.6) is 11.5 Å². The van der Waals surface area contributed by atoms with Crippen molar-refractivity contribution in [3.8, 4) is 11.5 Å². The summed E-state index contributed by atoms with van der Waals surface area (Å²) >= 11 is 8.24. The topological polar surface area (TPSA) is 26.3 Å². The molecular formula is C14H10ClIO2. The zero-order chi connectivity index (χ0) is 13.1. The summed E-state index contributed by atoms with van der Waals surface area (Å²) in [7, 11) is 0. The van der Waals surface area contributed by atoms with Crippen LogP contribution >= 0.6 is 34.2 Å². The largest absolute Gasteiger partial charge is 0.457 e. The minimum Gasteiger partial charge on any atom is -0.457 e. The molecule has 0 aliphatic carbocycles. The number of carbonyl (C=O) groups is 1. The van der Waals surface area contributed by atoms with Gasteiger partial charge < -0.3 is 4.74 Å². The Kier molecular flexibility index (Phi) is 4.24. The maximum absolute atomic E-state index is 11.3. The number of halogens is 2. The van der Waals surface area contributed by atoms with Crippen molar-refractivity contribution >= 4 is 40.0 Å². The Hall–Kier alpha value is -1.07. The predicted molar refractivity (Wildman–Crippen MR) is 80.7 cm³/mol. The first-order chi connectivity index (χ1) is 8.56. The molecule has 0 aliphatic heterocycles. The first kappa shape index (κ1) is 13.4. The summed E-state index contributed by atoms with van der Waals surface area (Å²) in [5, 5.41) is 0.408. The molecule has 0 radical (unpaired) electrons. The van der Waals surface area contributed by atoms with Crippen LogP contribution in [0.25, 0.3) is 0 Å². The highest BCUT2D eigenvalue weighted by molar-refractivity contribution is 14.1. The monoisotopic (exact) mass is 372 g/mol. The molecule has 0 aromatic heterocycles. The van der Waals surface area contributed by atoms with Crippen LogP contribution in [0.4, 0.5) is 0 Å². The summed E-state index contributed by atoms with van der Waals surface area (Å²) in [4.78, 5) is 11.3. The zero-order valence-electron chi connectivity index (χ0n) is 9.61. The molecule has 0 aliphatic rings. The molecule has 4 heteroatoms. The van der Waals surface area contributed by atoms with Gasteiger partial charge in [0.2, 0.25) is 0 Å². The fourth-order valence-corrected chi connectivity index (χ4v) is 2.33. The number of hydrogen-bond acceptors (Lipinski definition) is 2. The molecule has 0 bridgehead atoms. The van der Waals surface area contributed by atoms with Gasteiger partial charge in [-0.25, -0.2) is 0 Å². The third kappa shape index (κ3) is 3.23. The minimum absolute atomic E-state index is 0.0548. The number of hydrogen-bond donors (Lipinski definition) is 0. The maximum Gasteiger partial charge on any atom is 0.161 e. The normalized spacial score (nSPS) is 10.2. The Balaban J connectivity index is 2.25. The van der Waals surface area contributed by atoms with Gasteiger partial charge in [0.25, 0.3) is 0 Å². The van der Waals surface area contributed by atoms with Crippen molar-refractivity contribution in [1.82, 2.24) is 0 Å². The molecule has 18 heavy (non-hydrogen) atoms. The van der Waals surface area contributed by atoms with Gasteiger partial charge in [-0.3, -0.25) is 4.79 Å². The summed E-state index contributed by atoms with van der Waals surface area (Å²) in [5.41, 5.74) is 0.506. The smallest absolute Gasteiger partial charge is 0.161 e. The molecule has 2 nitrogen and oxygen atoms in total. The van der Waals surface area contributed by atoms with Crippen molar-refractivity contribution < 1.29 is 9.53 Å². The Morgan fingerprint density at radius 3 is 2.50 bits per heavy atom. The van der Waals surface area contributed by atoms with E-state index in [9.17, 15) is 4.79 Å². The lowest BCUT2D eigenvalue weighted by Gasteiger charge is -2.07. The van der Waals surface area contributed by atoms with Gasteiger partial charge in [-0.1, -0.05) is 17.7 Å².